The molecule has 0 amide bonds. The third kappa shape index (κ3) is 1.40. The zero-order valence-corrected chi connectivity index (χ0v) is 8.11. The minimum atomic E-state index is 1.04. The highest BCUT2D eigenvalue weighted by atomic mass is 32.1. The van der Waals surface area contributed by atoms with Crippen LogP contribution in [-0.2, 0) is 0 Å². The van der Waals surface area contributed by atoms with E-state index in [4.69, 9.17) is 0 Å². The molecule has 0 atom stereocenters. The lowest BCUT2D eigenvalue weighted by Gasteiger charge is -2.00. The van der Waals surface area contributed by atoms with Crippen LogP contribution in [-0.4, -0.2) is 0 Å². The van der Waals surface area contributed by atoms with Crippen LogP contribution in [0.25, 0.3) is 11.1 Å². The lowest BCUT2D eigenvalue weighted by Crippen LogP contribution is -1.74. The summed E-state index contributed by atoms with van der Waals surface area (Å²) in [6.07, 6.45) is 0. The largest absolute Gasteiger partial charge is 0.152 e. The first kappa shape index (κ1) is 7.90. The molecule has 12 heavy (non-hydrogen) atoms. The van der Waals surface area contributed by atoms with E-state index in [1.54, 1.807) is 11.3 Å². The van der Waals surface area contributed by atoms with Crippen molar-refractivity contribution in [2.24, 2.45) is 0 Å². The van der Waals surface area contributed by atoms with Gasteiger partial charge in [0.05, 0.1) is 0 Å². The number of hydrogen-bond acceptors (Lipinski definition) is 2. The van der Waals surface area contributed by atoms with Crippen LogP contribution in [0.3, 0.4) is 0 Å². The predicted molar refractivity (Wildman–Crippen MR) is 57.0 cm³/mol. The van der Waals surface area contributed by atoms with Crippen molar-refractivity contribution in [2.75, 3.05) is 0 Å². The highest BCUT2D eigenvalue weighted by Crippen LogP contribution is 2.27. The molecule has 1 aromatic carbocycles. The van der Waals surface area contributed by atoms with E-state index in [1.165, 1.54) is 11.1 Å². The van der Waals surface area contributed by atoms with Crippen LogP contribution in [0.15, 0.2) is 46.0 Å². The quantitative estimate of drug-likeness (QED) is 0.654. The van der Waals surface area contributed by atoms with Gasteiger partial charge in [0, 0.05) is 4.90 Å². The molecule has 1 aromatic heterocycles. The van der Waals surface area contributed by atoms with Gasteiger partial charge in [0.2, 0.25) is 0 Å². The van der Waals surface area contributed by atoms with Crippen molar-refractivity contribution in [2.45, 2.75) is 4.90 Å². The Morgan fingerprint density at radius 2 is 1.92 bits per heavy atom. The molecule has 0 spiro atoms. The molecule has 1 heterocycles. The van der Waals surface area contributed by atoms with Gasteiger partial charge in [-0.25, -0.2) is 0 Å². The molecular weight excluding hydrogens is 184 g/mol. The Hall–Kier alpha value is -0.730. The van der Waals surface area contributed by atoms with Crippen LogP contribution in [0.2, 0.25) is 0 Å². The summed E-state index contributed by atoms with van der Waals surface area (Å²) >= 11 is 6.10. The van der Waals surface area contributed by atoms with E-state index < -0.39 is 0 Å². The molecule has 0 N–H and O–H groups in total. The van der Waals surface area contributed by atoms with Gasteiger partial charge in [-0.15, -0.1) is 12.6 Å². The maximum Gasteiger partial charge on any atom is 0.0119 e. The van der Waals surface area contributed by atoms with Crippen molar-refractivity contribution < 1.29 is 0 Å². The van der Waals surface area contributed by atoms with Gasteiger partial charge in [-0.05, 0) is 34.0 Å². The van der Waals surface area contributed by atoms with Crippen molar-refractivity contribution in [3.63, 3.8) is 0 Å². The topological polar surface area (TPSA) is 0 Å². The zero-order valence-electron chi connectivity index (χ0n) is 6.40. The van der Waals surface area contributed by atoms with Crippen LogP contribution in [0.5, 0.6) is 0 Å². The first-order valence-electron chi connectivity index (χ1n) is 3.68. The Balaban J connectivity index is 2.55. The number of hydrogen-bond donors (Lipinski definition) is 1. The summed E-state index contributed by atoms with van der Waals surface area (Å²) in [6.45, 7) is 0. The van der Waals surface area contributed by atoms with Crippen LogP contribution in [0, 0.1) is 0 Å². The highest BCUT2D eigenvalue weighted by Gasteiger charge is 1.99. The van der Waals surface area contributed by atoms with Crippen molar-refractivity contribution in [1.82, 2.24) is 0 Å². The van der Waals surface area contributed by atoms with E-state index in [-0.39, 0.29) is 0 Å². The minimum absolute atomic E-state index is 1.04. The van der Waals surface area contributed by atoms with Crippen LogP contribution in [0.1, 0.15) is 0 Å². The molecule has 0 bridgehead atoms. The van der Waals surface area contributed by atoms with Crippen LogP contribution in [0.4, 0.5) is 0 Å². The van der Waals surface area contributed by atoms with Crippen molar-refractivity contribution in [3.05, 3.63) is 41.1 Å². The smallest absolute Gasteiger partial charge is 0.0119 e. The van der Waals surface area contributed by atoms with Gasteiger partial charge in [0.1, 0.15) is 0 Å². The van der Waals surface area contributed by atoms with Gasteiger partial charge in [-0.1, -0.05) is 18.2 Å². The van der Waals surface area contributed by atoms with E-state index >= 15 is 0 Å². The summed E-state index contributed by atoms with van der Waals surface area (Å²) < 4.78 is 0. The van der Waals surface area contributed by atoms with Gasteiger partial charge < -0.3 is 0 Å². The summed E-state index contributed by atoms with van der Waals surface area (Å²) in [5.41, 5.74) is 2.47. The second-order valence-corrected chi connectivity index (χ2v) is 3.79. The molecular formula is C10H8S2. The third-order valence-corrected chi connectivity index (χ3v) is 2.81. The van der Waals surface area contributed by atoms with Crippen molar-refractivity contribution in [3.8, 4) is 11.1 Å². The molecule has 0 aliphatic rings. The highest BCUT2D eigenvalue weighted by molar-refractivity contribution is 7.80. The van der Waals surface area contributed by atoms with Gasteiger partial charge in [0.25, 0.3) is 0 Å². The fraction of sp³-hybridized carbons (Fsp3) is 0. The monoisotopic (exact) mass is 192 g/mol. The number of thiophene rings is 1. The standard InChI is InChI=1S/C10H8S2/c11-10-4-2-1-3-9(10)8-5-6-12-7-8/h1-7,11H. The summed E-state index contributed by atoms with van der Waals surface area (Å²) in [6, 6.07) is 10.2. The van der Waals surface area contributed by atoms with E-state index in [0.717, 1.165) is 4.90 Å². The second-order valence-electron chi connectivity index (χ2n) is 2.53. The molecule has 2 rings (SSSR count). The Bertz CT molecular complexity index is 363. The molecule has 0 fully saturated rings. The second kappa shape index (κ2) is 3.33. The fourth-order valence-electron chi connectivity index (χ4n) is 1.14. The maximum atomic E-state index is 4.39. The van der Waals surface area contributed by atoms with Crippen LogP contribution < -0.4 is 0 Å². The van der Waals surface area contributed by atoms with E-state index in [0.29, 0.717) is 0 Å². The zero-order chi connectivity index (χ0) is 8.39. The number of benzene rings is 1. The van der Waals surface area contributed by atoms with Gasteiger partial charge in [0.15, 0.2) is 0 Å². The number of thiol groups is 1. The lowest BCUT2D eigenvalue weighted by atomic mass is 10.1. The van der Waals surface area contributed by atoms with Crippen molar-refractivity contribution in [1.29, 1.82) is 0 Å². The Morgan fingerprint density at radius 3 is 2.58 bits per heavy atom. The SMILES string of the molecule is Sc1ccccc1-c1ccsc1. The molecule has 2 aromatic rings. The lowest BCUT2D eigenvalue weighted by molar-refractivity contribution is 1.47. The van der Waals surface area contributed by atoms with Crippen LogP contribution >= 0.6 is 24.0 Å². The fourth-order valence-corrected chi connectivity index (χ4v) is 2.08. The van der Waals surface area contributed by atoms with Crippen molar-refractivity contribution >= 4 is 24.0 Å². The molecule has 0 radical (unpaired) electrons. The summed E-state index contributed by atoms with van der Waals surface area (Å²) in [5, 5.41) is 4.21. The average molecular weight is 192 g/mol. The molecule has 0 nitrogen and oxygen atoms in total. The van der Waals surface area contributed by atoms with Gasteiger partial charge in [-0.3, -0.25) is 0 Å². The molecule has 0 aliphatic carbocycles. The molecule has 0 unspecified atom stereocenters. The molecule has 0 saturated heterocycles. The molecule has 0 aliphatic heterocycles. The minimum Gasteiger partial charge on any atom is -0.152 e. The normalized spacial score (nSPS) is 10.1. The maximum absolute atomic E-state index is 4.39. The molecule has 0 saturated carbocycles. The van der Waals surface area contributed by atoms with E-state index in [1.807, 2.05) is 18.2 Å². The first-order valence-corrected chi connectivity index (χ1v) is 5.07. The molecule has 2 heteroatoms. The third-order valence-electron chi connectivity index (χ3n) is 1.74. The Labute approximate surface area is 81.3 Å². The van der Waals surface area contributed by atoms with E-state index in [2.05, 4.69) is 35.5 Å². The predicted octanol–water partition coefficient (Wildman–Crippen LogP) is 3.70. The summed E-state index contributed by atoms with van der Waals surface area (Å²) in [4.78, 5) is 1.04. The van der Waals surface area contributed by atoms with Gasteiger partial charge >= 0.3 is 0 Å². The Kier molecular flexibility index (Phi) is 2.19. The van der Waals surface area contributed by atoms with E-state index in [9.17, 15) is 0 Å². The number of rotatable bonds is 1. The average Bonchev–Trinajstić information content (AvgIpc) is 2.57. The Morgan fingerprint density at radius 1 is 1.08 bits per heavy atom. The summed E-state index contributed by atoms with van der Waals surface area (Å²) in [7, 11) is 0. The molecule has 60 valence electrons. The van der Waals surface area contributed by atoms with Gasteiger partial charge in [-0.2, -0.15) is 11.3 Å². The summed E-state index contributed by atoms with van der Waals surface area (Å²) in [5.74, 6) is 0. The first-order chi connectivity index (χ1) is 5.88.